The first-order valence-corrected chi connectivity index (χ1v) is 6.68. The van der Waals surface area contributed by atoms with Crippen molar-refractivity contribution in [3.8, 4) is 0 Å². The fourth-order valence-corrected chi connectivity index (χ4v) is 2.01. The van der Waals surface area contributed by atoms with Gasteiger partial charge in [-0.3, -0.25) is 0 Å². The number of rotatable bonds is 6. The fourth-order valence-electron chi connectivity index (χ4n) is 2.01. The summed E-state index contributed by atoms with van der Waals surface area (Å²) >= 11 is 0. The van der Waals surface area contributed by atoms with Gasteiger partial charge >= 0.3 is 0 Å². The van der Waals surface area contributed by atoms with Gasteiger partial charge in [-0.25, -0.2) is 0 Å². The topological polar surface area (TPSA) is 12.0 Å². The smallest absolute Gasteiger partial charge is 0.00980 e. The predicted molar refractivity (Wildman–Crippen MR) is 68.0 cm³/mol. The molecule has 0 heterocycles. The van der Waals surface area contributed by atoms with Crippen molar-refractivity contribution in [1.29, 1.82) is 0 Å². The van der Waals surface area contributed by atoms with Gasteiger partial charge in [0.15, 0.2) is 0 Å². The maximum atomic E-state index is 3.73. The molecular formula is C14H29N. The molecule has 1 rings (SSSR count). The van der Waals surface area contributed by atoms with Crippen molar-refractivity contribution in [1.82, 2.24) is 5.32 Å². The van der Waals surface area contributed by atoms with Crippen LogP contribution in [0.15, 0.2) is 0 Å². The van der Waals surface area contributed by atoms with Crippen molar-refractivity contribution < 1.29 is 0 Å². The van der Waals surface area contributed by atoms with E-state index in [1.165, 1.54) is 32.2 Å². The van der Waals surface area contributed by atoms with Crippen LogP contribution in [-0.2, 0) is 0 Å². The molecule has 1 N–H and O–H groups in total. The summed E-state index contributed by atoms with van der Waals surface area (Å²) < 4.78 is 0. The summed E-state index contributed by atoms with van der Waals surface area (Å²) in [6.45, 7) is 12.9. The average molecular weight is 211 g/mol. The van der Waals surface area contributed by atoms with Crippen molar-refractivity contribution in [2.45, 2.75) is 66.3 Å². The van der Waals surface area contributed by atoms with Gasteiger partial charge in [0, 0.05) is 6.04 Å². The molecule has 0 radical (unpaired) electrons. The Kier molecular flexibility index (Phi) is 4.64. The zero-order chi connectivity index (χ0) is 11.5. The zero-order valence-corrected chi connectivity index (χ0v) is 11.3. The van der Waals surface area contributed by atoms with Crippen LogP contribution in [0.1, 0.15) is 60.3 Å². The minimum absolute atomic E-state index is 0.459. The second kappa shape index (κ2) is 5.34. The molecule has 0 saturated heterocycles. The third-order valence-corrected chi connectivity index (χ3v) is 3.93. The largest absolute Gasteiger partial charge is 0.314 e. The lowest BCUT2D eigenvalue weighted by molar-refractivity contribution is 0.215. The summed E-state index contributed by atoms with van der Waals surface area (Å²) in [4.78, 5) is 0. The lowest BCUT2D eigenvalue weighted by Gasteiger charge is -2.31. The first-order valence-electron chi connectivity index (χ1n) is 6.68. The molecule has 1 fully saturated rings. The molecule has 0 aromatic heterocycles. The van der Waals surface area contributed by atoms with Gasteiger partial charge in [-0.15, -0.1) is 0 Å². The first kappa shape index (κ1) is 13.0. The Labute approximate surface area is 96.0 Å². The van der Waals surface area contributed by atoms with E-state index in [0.29, 0.717) is 5.41 Å². The summed E-state index contributed by atoms with van der Waals surface area (Å²) in [6.07, 6.45) is 5.53. The van der Waals surface area contributed by atoms with Crippen molar-refractivity contribution >= 4 is 0 Å². The molecule has 1 heteroatoms. The SMILES string of the molecule is CCCNC(CC(C)C(C)(C)C)C1CC1. The highest BCUT2D eigenvalue weighted by atomic mass is 14.9. The number of hydrogen-bond acceptors (Lipinski definition) is 1. The normalized spacial score (nSPS) is 21.4. The van der Waals surface area contributed by atoms with E-state index < -0.39 is 0 Å². The van der Waals surface area contributed by atoms with Crippen LogP contribution in [-0.4, -0.2) is 12.6 Å². The summed E-state index contributed by atoms with van der Waals surface area (Å²) in [5.74, 6) is 1.80. The third kappa shape index (κ3) is 4.55. The Morgan fingerprint density at radius 2 is 1.87 bits per heavy atom. The lowest BCUT2D eigenvalue weighted by atomic mass is 9.78. The highest BCUT2D eigenvalue weighted by Gasteiger charge is 2.33. The van der Waals surface area contributed by atoms with Gasteiger partial charge < -0.3 is 5.32 Å². The second-order valence-corrected chi connectivity index (χ2v) is 6.40. The molecule has 0 aromatic carbocycles. The monoisotopic (exact) mass is 211 g/mol. The van der Waals surface area contributed by atoms with E-state index in [4.69, 9.17) is 0 Å². The van der Waals surface area contributed by atoms with Gasteiger partial charge in [0.1, 0.15) is 0 Å². The van der Waals surface area contributed by atoms with Crippen molar-refractivity contribution in [2.24, 2.45) is 17.3 Å². The van der Waals surface area contributed by atoms with Gasteiger partial charge in [0.05, 0.1) is 0 Å². The molecule has 2 unspecified atom stereocenters. The second-order valence-electron chi connectivity index (χ2n) is 6.40. The van der Waals surface area contributed by atoms with E-state index in [-0.39, 0.29) is 0 Å². The molecule has 90 valence electrons. The van der Waals surface area contributed by atoms with Crippen LogP contribution in [0.25, 0.3) is 0 Å². The van der Waals surface area contributed by atoms with E-state index in [1.807, 2.05) is 0 Å². The fraction of sp³-hybridized carbons (Fsp3) is 1.00. The van der Waals surface area contributed by atoms with Crippen LogP contribution in [0.3, 0.4) is 0 Å². The minimum Gasteiger partial charge on any atom is -0.314 e. The van der Waals surface area contributed by atoms with Crippen LogP contribution < -0.4 is 5.32 Å². The first-order chi connectivity index (χ1) is 6.95. The van der Waals surface area contributed by atoms with Crippen LogP contribution in [0, 0.1) is 17.3 Å². The van der Waals surface area contributed by atoms with Crippen LogP contribution in [0.2, 0.25) is 0 Å². The van der Waals surface area contributed by atoms with Crippen LogP contribution in [0.5, 0.6) is 0 Å². The standard InChI is InChI=1S/C14H29N/c1-6-9-15-13(12-7-8-12)10-11(2)14(3,4)5/h11-13,15H,6-10H2,1-5H3. The molecule has 1 saturated carbocycles. The molecular weight excluding hydrogens is 182 g/mol. The molecule has 0 aromatic rings. The number of hydrogen-bond donors (Lipinski definition) is 1. The van der Waals surface area contributed by atoms with Gasteiger partial charge in [-0.1, -0.05) is 34.6 Å². The molecule has 1 aliphatic carbocycles. The summed E-state index contributed by atoms with van der Waals surface area (Å²) in [7, 11) is 0. The van der Waals surface area contributed by atoms with E-state index in [0.717, 1.165) is 17.9 Å². The summed E-state index contributed by atoms with van der Waals surface area (Å²) in [5.41, 5.74) is 0.459. The van der Waals surface area contributed by atoms with Gasteiger partial charge in [-0.05, 0) is 49.5 Å². The van der Waals surface area contributed by atoms with E-state index in [9.17, 15) is 0 Å². The lowest BCUT2D eigenvalue weighted by Crippen LogP contribution is -2.35. The maximum absolute atomic E-state index is 3.73. The van der Waals surface area contributed by atoms with Crippen molar-refractivity contribution in [3.05, 3.63) is 0 Å². The van der Waals surface area contributed by atoms with Crippen LogP contribution >= 0.6 is 0 Å². The molecule has 2 atom stereocenters. The zero-order valence-electron chi connectivity index (χ0n) is 11.3. The Balaban J connectivity index is 2.36. The number of nitrogens with one attached hydrogen (secondary N) is 1. The minimum atomic E-state index is 0.459. The molecule has 1 aliphatic rings. The molecule has 0 bridgehead atoms. The Morgan fingerprint density at radius 1 is 1.27 bits per heavy atom. The van der Waals surface area contributed by atoms with Crippen molar-refractivity contribution in [3.63, 3.8) is 0 Å². The third-order valence-electron chi connectivity index (χ3n) is 3.93. The Bertz CT molecular complexity index is 176. The Morgan fingerprint density at radius 3 is 2.27 bits per heavy atom. The van der Waals surface area contributed by atoms with Gasteiger partial charge in [-0.2, -0.15) is 0 Å². The van der Waals surface area contributed by atoms with Gasteiger partial charge in [0.25, 0.3) is 0 Å². The highest BCUT2D eigenvalue weighted by Crippen LogP contribution is 2.38. The molecule has 15 heavy (non-hydrogen) atoms. The predicted octanol–water partition coefficient (Wildman–Crippen LogP) is 3.84. The van der Waals surface area contributed by atoms with Gasteiger partial charge in [0.2, 0.25) is 0 Å². The summed E-state index contributed by atoms with van der Waals surface area (Å²) in [5, 5.41) is 3.73. The Hall–Kier alpha value is -0.0400. The quantitative estimate of drug-likeness (QED) is 0.704. The van der Waals surface area contributed by atoms with E-state index in [1.54, 1.807) is 0 Å². The van der Waals surface area contributed by atoms with Crippen molar-refractivity contribution in [2.75, 3.05) is 6.54 Å². The molecule has 0 amide bonds. The average Bonchev–Trinajstić information content (AvgIpc) is 2.93. The molecule has 0 aliphatic heterocycles. The molecule has 0 spiro atoms. The van der Waals surface area contributed by atoms with E-state index >= 15 is 0 Å². The highest BCUT2D eigenvalue weighted by molar-refractivity contribution is 4.88. The maximum Gasteiger partial charge on any atom is 0.00980 e. The van der Waals surface area contributed by atoms with Crippen LogP contribution in [0.4, 0.5) is 0 Å². The molecule has 1 nitrogen and oxygen atoms in total. The summed E-state index contributed by atoms with van der Waals surface area (Å²) in [6, 6.07) is 0.791. The van der Waals surface area contributed by atoms with E-state index in [2.05, 4.69) is 39.9 Å².